The quantitative estimate of drug-likeness (QED) is 0.0167. The lowest BCUT2D eigenvalue weighted by Crippen LogP contribution is -2.04. The third kappa shape index (κ3) is 34.0. The first-order valence-corrected chi connectivity index (χ1v) is 59.2. The summed E-state index contributed by atoms with van der Waals surface area (Å²) in [5.74, 6) is 26.4. The molecule has 4 unspecified atom stereocenters. The van der Waals surface area contributed by atoms with Crippen molar-refractivity contribution in [3.63, 3.8) is 0 Å². The molecule has 4 aliphatic heterocycles. The third-order valence-corrected chi connectivity index (χ3v) is 31.0. The van der Waals surface area contributed by atoms with E-state index in [4.69, 9.17) is 34.1 Å². The molecule has 12 heteroatoms. The first-order valence-electron chi connectivity index (χ1n) is 59.2. The summed E-state index contributed by atoms with van der Waals surface area (Å²) < 4.78 is 19.2. The van der Waals surface area contributed by atoms with Gasteiger partial charge in [-0.1, -0.05) is 400 Å². The predicted molar refractivity (Wildman–Crippen MR) is 627 cm³/mol. The molecule has 0 spiro atoms. The van der Waals surface area contributed by atoms with Gasteiger partial charge in [-0.25, -0.2) is 19.9 Å². The van der Waals surface area contributed by atoms with Crippen LogP contribution in [0.1, 0.15) is 575 Å². The lowest BCUT2D eigenvalue weighted by atomic mass is 9.87. The molecule has 0 aliphatic carbocycles. The molecule has 16 bridgehead atoms. The minimum Gasteiger partial charge on any atom is -0.496 e. The molecule has 146 heavy (non-hydrogen) atoms. The van der Waals surface area contributed by atoms with E-state index in [1.54, 1.807) is 7.11 Å². The average Bonchev–Trinajstić information content (AvgIpc) is 1.62. The number of fused-ring (bicyclic) bond motifs is 16. The molecule has 4 atom stereocenters. The minimum absolute atomic E-state index is 0.196. The molecule has 10 heterocycles. The monoisotopic (exact) mass is 1970 g/mol. The highest BCUT2D eigenvalue weighted by Gasteiger charge is 2.29. The summed E-state index contributed by atoms with van der Waals surface area (Å²) in [5.41, 5.74) is 27.5. The van der Waals surface area contributed by atoms with Crippen molar-refractivity contribution in [2.75, 3.05) is 20.3 Å². The zero-order valence-electron chi connectivity index (χ0n) is 92.9. The highest BCUT2D eigenvalue weighted by atomic mass is 16.5. The predicted octanol–water partition coefficient (Wildman–Crippen LogP) is 39.4. The summed E-state index contributed by atoms with van der Waals surface area (Å²) in [4.78, 5) is 53.9. The second-order valence-corrected chi connectivity index (χ2v) is 42.8. The SMILES string of the molecule is CCCCCCCCC(CCCCCC)c1c2nc(c(C#Cc3c4nc(c(C(CCCCCC)CCCCCCCC)c5ccc([nH]5)c(C#Cc5cc(C)c(OC)cc5OCCCCCC)c5ccc([nH]5)c(C(CCCCCC)CCCCCCCC)c5nc3C=C5)C=C4)c3nc(c(C(CCCCCC)CCCCCCCC)c4ccc([nH]4)c(C#Cc4cc(OCCCCCC)c(C=O)cc4C)c4ccc1[nH]4)C=C3)C=C2. The minimum atomic E-state index is 0.196. The van der Waals surface area contributed by atoms with E-state index < -0.39 is 0 Å². The molecule has 12 nitrogen and oxygen atoms in total. The van der Waals surface area contributed by atoms with Crippen LogP contribution in [0, 0.1) is 49.4 Å². The van der Waals surface area contributed by atoms with Crippen LogP contribution in [-0.4, -0.2) is 66.5 Å². The van der Waals surface area contributed by atoms with E-state index in [-0.39, 0.29) is 23.7 Å². The molecule has 784 valence electrons. The summed E-state index contributed by atoms with van der Waals surface area (Å²) >= 11 is 0. The number of ether oxygens (including phenoxy) is 3. The molecule has 6 aromatic heterocycles. The number of benzene rings is 2. The molecule has 0 saturated heterocycles. The largest absolute Gasteiger partial charge is 0.496 e. The van der Waals surface area contributed by atoms with Crippen molar-refractivity contribution < 1.29 is 19.0 Å². The maximum Gasteiger partial charge on any atom is 0.153 e. The molecule has 4 aliphatic rings. The van der Waals surface area contributed by atoms with Crippen molar-refractivity contribution in [1.82, 2.24) is 39.9 Å². The maximum absolute atomic E-state index is 12.8. The highest BCUT2D eigenvalue weighted by molar-refractivity contribution is 5.90. The first kappa shape index (κ1) is 114. The number of rotatable bonds is 66. The Morgan fingerprint density at radius 1 is 0.253 bits per heavy atom. The first-order chi connectivity index (χ1) is 71.8. The Labute approximate surface area is 882 Å². The van der Waals surface area contributed by atoms with E-state index in [2.05, 4.69) is 242 Å². The fourth-order valence-corrected chi connectivity index (χ4v) is 22.4. The number of aldehydes is 1. The standard InChI is InChI=1S/C134H184N8O4/c1-14-24-34-44-48-56-66-101(62-52-38-28-18-5)131-120-84-76-112(135-120)108(72-70-105-96-129(107(98-143)94-99(105)11)145-92-60-42-32-22-9)113-77-85-121(136-113)132(102(63-53-39-29-19-6)67-57-49-45-35-25-15-2)125-89-81-117(140-125)110(116-80-88-124(131)139-116)74-75-111-118-82-90-126(141-118)133(103(64-54-40-30-20-7)68-58-50-46-36-26-16-3)122-86-78-114(137-122)109(73-71-106-95-100(12)128(144-13)97-130(106)146-93-61-43-33-23-10)115-79-87-123(138-115)134(127-91-83-119(111)142-127)104(65-55-41-31-21-8)69-59-51-47-37-27-17-4/h76-91,94-98,101-104,135-138H,14-69,92-93H2,1-13H3. The number of hydrogen-bond acceptors (Lipinski definition) is 8. The van der Waals surface area contributed by atoms with Crippen molar-refractivity contribution in [2.45, 2.75) is 466 Å². The Kier molecular flexibility index (Phi) is 50.0. The number of H-pyrrole nitrogens is 4. The van der Waals surface area contributed by atoms with Crippen LogP contribution in [0.15, 0.2) is 72.8 Å². The van der Waals surface area contributed by atoms with Crippen LogP contribution in [0.3, 0.4) is 0 Å². The number of nitrogens with zero attached hydrogens (tertiary/aromatic N) is 4. The van der Waals surface area contributed by atoms with Gasteiger partial charge in [0.2, 0.25) is 0 Å². The number of nitrogens with one attached hydrogen (secondary N) is 4. The van der Waals surface area contributed by atoms with Crippen molar-refractivity contribution in [1.29, 1.82) is 0 Å². The average molecular weight is 1970 g/mol. The van der Waals surface area contributed by atoms with E-state index in [1.165, 1.54) is 234 Å². The summed E-state index contributed by atoms with van der Waals surface area (Å²) in [6.45, 7) is 28.4. The fraction of sp³-hybridized carbons (Fsp3) is 0.560. The van der Waals surface area contributed by atoms with E-state index >= 15 is 0 Å². The Hall–Kier alpha value is -10.6. The van der Waals surface area contributed by atoms with Gasteiger partial charge in [0.1, 0.15) is 17.2 Å². The molecular formula is C134H184N8O4. The Morgan fingerprint density at radius 3 is 0.788 bits per heavy atom. The van der Waals surface area contributed by atoms with Crippen LogP contribution in [0.5, 0.6) is 17.2 Å². The number of carbonyl (C=O) groups is 1. The molecule has 8 aromatic rings. The highest BCUT2D eigenvalue weighted by Crippen LogP contribution is 2.44. The molecule has 0 radical (unpaired) electrons. The van der Waals surface area contributed by atoms with Gasteiger partial charge < -0.3 is 34.1 Å². The van der Waals surface area contributed by atoms with Gasteiger partial charge in [0, 0.05) is 56.0 Å². The Bertz CT molecular complexity index is 5830. The third-order valence-electron chi connectivity index (χ3n) is 31.0. The van der Waals surface area contributed by atoms with Crippen molar-refractivity contribution >= 4 is 99.0 Å². The van der Waals surface area contributed by atoms with Gasteiger partial charge in [-0.05, 0) is 228 Å². The number of aryl methyl sites for hydroxylation is 2. The van der Waals surface area contributed by atoms with Gasteiger partial charge in [0.15, 0.2) is 6.29 Å². The van der Waals surface area contributed by atoms with E-state index in [9.17, 15) is 4.79 Å². The smallest absolute Gasteiger partial charge is 0.153 e. The molecule has 12 rings (SSSR count). The van der Waals surface area contributed by atoms with Crippen molar-refractivity contribution in [2.24, 2.45) is 0 Å². The van der Waals surface area contributed by atoms with Crippen molar-refractivity contribution in [3.05, 3.63) is 191 Å². The molecule has 0 fully saturated rings. The van der Waals surface area contributed by atoms with Crippen LogP contribution in [-0.2, 0) is 0 Å². The van der Waals surface area contributed by atoms with Crippen LogP contribution < -0.4 is 14.2 Å². The molecule has 4 N–H and O–H groups in total. The summed E-state index contributed by atoms with van der Waals surface area (Å²) in [6, 6.07) is 26.6. The maximum atomic E-state index is 12.8. The van der Waals surface area contributed by atoms with Gasteiger partial charge in [0.05, 0.1) is 121 Å². The lowest BCUT2D eigenvalue weighted by molar-refractivity contribution is 0.111. The number of aromatic amines is 4. The number of carbonyl (C=O) groups excluding carboxylic acids is 1. The van der Waals surface area contributed by atoms with Crippen LogP contribution in [0.4, 0.5) is 0 Å². The number of unbranched alkanes of at least 4 members (excludes halogenated alkanes) is 38. The van der Waals surface area contributed by atoms with Gasteiger partial charge >= 0.3 is 0 Å². The van der Waals surface area contributed by atoms with E-state index in [0.717, 1.165) is 300 Å². The zero-order chi connectivity index (χ0) is 103. The summed E-state index contributed by atoms with van der Waals surface area (Å²) in [5, 5.41) is 0. The second-order valence-electron chi connectivity index (χ2n) is 42.8. The van der Waals surface area contributed by atoms with Gasteiger partial charge in [0.25, 0.3) is 0 Å². The normalized spacial score (nSPS) is 12.8. The Balaban J connectivity index is 1.20. The molecule has 2 aromatic carbocycles. The fourth-order valence-electron chi connectivity index (χ4n) is 22.4. The molecule has 0 saturated carbocycles. The van der Waals surface area contributed by atoms with Crippen LogP contribution in [0.2, 0.25) is 0 Å². The van der Waals surface area contributed by atoms with Crippen LogP contribution in [0.25, 0.3) is 92.7 Å². The van der Waals surface area contributed by atoms with Gasteiger partial charge in [-0.3, -0.25) is 4.79 Å². The van der Waals surface area contributed by atoms with Crippen LogP contribution >= 0.6 is 0 Å². The van der Waals surface area contributed by atoms with Crippen molar-refractivity contribution in [3.8, 4) is 52.8 Å². The molecular weight excluding hydrogens is 1790 g/mol. The Morgan fingerprint density at radius 2 is 0.500 bits per heavy atom. The zero-order valence-corrected chi connectivity index (χ0v) is 92.9. The lowest BCUT2D eigenvalue weighted by Gasteiger charge is -2.19. The second kappa shape index (κ2) is 63.9. The summed E-state index contributed by atoms with van der Waals surface area (Å²) in [7, 11) is 1.75. The molecule has 0 amide bonds. The van der Waals surface area contributed by atoms with Gasteiger partial charge in [-0.2, -0.15) is 0 Å². The number of aromatic nitrogens is 8. The van der Waals surface area contributed by atoms with E-state index in [0.29, 0.717) is 24.5 Å². The number of hydrogen-bond donors (Lipinski definition) is 4. The summed E-state index contributed by atoms with van der Waals surface area (Å²) in [6.07, 6.45) is 84.3. The van der Waals surface area contributed by atoms with Gasteiger partial charge in [-0.15, -0.1) is 0 Å². The number of methoxy groups -OCH3 is 1. The van der Waals surface area contributed by atoms with E-state index in [1.807, 2.05) is 18.2 Å². The topological polar surface area (TPSA) is 159 Å².